The van der Waals surface area contributed by atoms with Gasteiger partial charge < -0.3 is 10.2 Å². The molecule has 1 aliphatic rings. The number of alkyl halides is 1. The van der Waals surface area contributed by atoms with Gasteiger partial charge in [-0.2, -0.15) is 15.2 Å². The monoisotopic (exact) mass is 614 g/mol. The lowest BCUT2D eigenvalue weighted by atomic mass is 10.1. The Balaban J connectivity index is 1.54. The number of carbonyl (C=O) groups excluding carboxylic acids is 1. The third-order valence-corrected chi connectivity index (χ3v) is 6.55. The predicted octanol–water partition coefficient (Wildman–Crippen LogP) is 6.04. The van der Waals surface area contributed by atoms with E-state index in [0.717, 1.165) is 20.6 Å². The summed E-state index contributed by atoms with van der Waals surface area (Å²) >= 11 is 8.62. The molecule has 1 amide bonds. The highest BCUT2D eigenvalue weighted by atomic mass is 127. The van der Waals surface area contributed by atoms with E-state index in [2.05, 4.69) is 38.2 Å². The van der Waals surface area contributed by atoms with E-state index in [0.29, 0.717) is 27.7 Å². The average molecular weight is 615 g/mol. The highest BCUT2D eigenvalue weighted by molar-refractivity contribution is 14.1. The van der Waals surface area contributed by atoms with Gasteiger partial charge in [-0.1, -0.05) is 76.7 Å². The summed E-state index contributed by atoms with van der Waals surface area (Å²) in [5.74, 6) is -1.68. The number of hydrogen-bond acceptors (Lipinski definition) is 6. The van der Waals surface area contributed by atoms with Crippen LogP contribution < -0.4 is 10.4 Å². The number of aromatic hydroxyl groups is 1. The van der Waals surface area contributed by atoms with Gasteiger partial charge in [-0.25, -0.2) is 4.79 Å². The summed E-state index contributed by atoms with van der Waals surface area (Å²) in [6.07, 6.45) is 3.55. The molecule has 0 bridgehead atoms. The number of anilines is 2. The number of hydrazone groups is 2. The molecule has 0 saturated carbocycles. The molecule has 0 saturated heterocycles. The van der Waals surface area contributed by atoms with E-state index >= 15 is 0 Å². The van der Waals surface area contributed by atoms with Crippen molar-refractivity contribution in [1.29, 1.82) is 0 Å². The van der Waals surface area contributed by atoms with Crippen molar-refractivity contribution in [2.45, 2.75) is 11.4 Å². The standard InChI is InChI=1S/C26H20ClIN4O4/c1-15-23(25(34)32(31-15)20-6-2-5-19(13-20)26(35)36)30-29-22-7-3-4-18(24(22)33)11-10-17-9-8-16(14-28)12-21(17)27/h2-13,29,33H,14H2,1H3,(H,35,36)/b11-10+,30-23-. The number of nitrogens with zero attached hydrogens (tertiary/aromatic N) is 3. The Labute approximate surface area is 225 Å². The molecule has 3 N–H and O–H groups in total. The maximum absolute atomic E-state index is 12.9. The minimum atomic E-state index is -1.11. The van der Waals surface area contributed by atoms with Gasteiger partial charge in [0.2, 0.25) is 0 Å². The van der Waals surface area contributed by atoms with Gasteiger partial charge in [-0.15, -0.1) is 0 Å². The molecule has 3 aromatic carbocycles. The molecule has 0 fully saturated rings. The Hall–Kier alpha value is -3.70. The predicted molar refractivity (Wildman–Crippen MR) is 151 cm³/mol. The van der Waals surface area contributed by atoms with E-state index in [1.165, 1.54) is 18.2 Å². The summed E-state index contributed by atoms with van der Waals surface area (Å²) in [6, 6.07) is 16.8. The molecule has 0 aliphatic carbocycles. The number of carboxylic acid groups (broad SMARTS) is 1. The van der Waals surface area contributed by atoms with E-state index in [9.17, 15) is 19.8 Å². The van der Waals surface area contributed by atoms with Gasteiger partial charge in [-0.3, -0.25) is 10.2 Å². The number of rotatable bonds is 7. The van der Waals surface area contributed by atoms with Crippen molar-refractivity contribution in [1.82, 2.24) is 0 Å². The van der Waals surface area contributed by atoms with Crippen LogP contribution in [0.5, 0.6) is 5.75 Å². The number of phenolic OH excluding ortho intramolecular Hbond substituents is 1. The molecule has 0 unspecified atom stereocenters. The van der Waals surface area contributed by atoms with Gasteiger partial charge in [0.15, 0.2) is 5.71 Å². The van der Waals surface area contributed by atoms with Crippen molar-refractivity contribution in [3.8, 4) is 5.75 Å². The van der Waals surface area contributed by atoms with Crippen LogP contribution in [0.2, 0.25) is 5.02 Å². The van der Waals surface area contributed by atoms with E-state index in [4.69, 9.17) is 11.6 Å². The number of benzene rings is 3. The Kier molecular flexibility index (Phi) is 7.70. The second-order valence-corrected chi connectivity index (χ2v) is 8.97. The topological polar surface area (TPSA) is 115 Å². The summed E-state index contributed by atoms with van der Waals surface area (Å²) in [6.45, 7) is 1.62. The van der Waals surface area contributed by atoms with Gasteiger partial charge in [-0.05, 0) is 48.4 Å². The fourth-order valence-electron chi connectivity index (χ4n) is 3.44. The molecule has 0 radical (unpaired) electrons. The lowest BCUT2D eigenvalue weighted by Gasteiger charge is -2.12. The van der Waals surface area contributed by atoms with Crippen LogP contribution in [0.15, 0.2) is 70.9 Å². The lowest BCUT2D eigenvalue weighted by molar-refractivity contribution is -0.112. The third-order valence-electron chi connectivity index (χ3n) is 5.34. The maximum Gasteiger partial charge on any atom is 0.335 e. The largest absolute Gasteiger partial charge is 0.505 e. The molecule has 1 aliphatic heterocycles. The van der Waals surface area contributed by atoms with Crippen molar-refractivity contribution >= 4 is 81.0 Å². The Morgan fingerprint density at radius 3 is 2.61 bits per heavy atom. The Morgan fingerprint density at radius 2 is 1.89 bits per heavy atom. The third kappa shape index (κ3) is 5.42. The van der Waals surface area contributed by atoms with Crippen molar-refractivity contribution < 1.29 is 19.8 Å². The second-order valence-electron chi connectivity index (χ2n) is 7.80. The number of amides is 1. The van der Waals surface area contributed by atoms with E-state index < -0.39 is 11.9 Å². The van der Waals surface area contributed by atoms with E-state index in [1.807, 2.05) is 24.3 Å². The number of aromatic carboxylic acids is 1. The summed E-state index contributed by atoms with van der Waals surface area (Å²) in [5.41, 5.74) is 6.23. The van der Waals surface area contributed by atoms with Crippen molar-refractivity contribution in [2.24, 2.45) is 10.2 Å². The van der Waals surface area contributed by atoms with E-state index in [-0.39, 0.29) is 17.0 Å². The number of carboxylic acids is 1. The quantitative estimate of drug-likeness (QED) is 0.0987. The number of nitrogens with one attached hydrogen (secondary N) is 1. The summed E-state index contributed by atoms with van der Waals surface area (Å²) in [4.78, 5) is 24.2. The molecular formula is C26H20ClIN4O4. The first-order chi connectivity index (χ1) is 17.3. The highest BCUT2D eigenvalue weighted by Crippen LogP contribution is 2.30. The van der Waals surface area contributed by atoms with Crippen LogP contribution in [-0.2, 0) is 9.22 Å². The van der Waals surface area contributed by atoms with Gasteiger partial charge in [0.05, 0.1) is 22.6 Å². The normalized spacial score (nSPS) is 14.5. The van der Waals surface area contributed by atoms with Crippen molar-refractivity contribution in [2.75, 3.05) is 10.4 Å². The zero-order valence-corrected chi connectivity index (χ0v) is 21.9. The van der Waals surface area contributed by atoms with Gasteiger partial charge >= 0.3 is 11.9 Å². The molecule has 10 heteroatoms. The van der Waals surface area contributed by atoms with Crippen LogP contribution in [0, 0.1) is 0 Å². The van der Waals surface area contributed by atoms with Crippen LogP contribution in [0.25, 0.3) is 12.2 Å². The van der Waals surface area contributed by atoms with Crippen molar-refractivity contribution in [3.63, 3.8) is 0 Å². The van der Waals surface area contributed by atoms with Gasteiger partial charge in [0, 0.05) is 15.0 Å². The molecule has 4 rings (SSSR count). The molecule has 3 aromatic rings. The maximum atomic E-state index is 12.9. The smallest absolute Gasteiger partial charge is 0.335 e. The fourth-order valence-corrected chi connectivity index (χ4v) is 4.18. The minimum Gasteiger partial charge on any atom is -0.505 e. The zero-order valence-electron chi connectivity index (χ0n) is 18.9. The number of carbonyl (C=O) groups is 2. The second kappa shape index (κ2) is 10.9. The summed E-state index contributed by atoms with van der Waals surface area (Å²) in [5, 5.41) is 30.0. The highest BCUT2D eigenvalue weighted by Gasteiger charge is 2.31. The minimum absolute atomic E-state index is 0.0358. The molecule has 0 atom stereocenters. The molecule has 36 heavy (non-hydrogen) atoms. The van der Waals surface area contributed by atoms with Crippen LogP contribution in [0.4, 0.5) is 11.4 Å². The molecule has 0 aromatic heterocycles. The van der Waals surface area contributed by atoms with Gasteiger partial charge in [0.25, 0.3) is 0 Å². The SMILES string of the molecule is CC1=NN(c2cccc(C(=O)O)c2)C(=O)/C1=N\Nc1cccc(/C=C/c2ccc(CI)cc2Cl)c1O. The molecular weight excluding hydrogens is 595 g/mol. The number of phenols is 1. The van der Waals surface area contributed by atoms with Crippen LogP contribution in [0.1, 0.15) is 34.0 Å². The Bertz CT molecular complexity index is 1450. The molecule has 0 spiro atoms. The number of para-hydroxylation sites is 1. The zero-order chi connectivity index (χ0) is 25.8. The first kappa shape index (κ1) is 25.4. The van der Waals surface area contributed by atoms with E-state index in [1.54, 1.807) is 37.3 Å². The Morgan fingerprint density at radius 1 is 1.14 bits per heavy atom. The summed E-state index contributed by atoms with van der Waals surface area (Å²) < 4.78 is 0.859. The van der Waals surface area contributed by atoms with Crippen molar-refractivity contribution in [3.05, 3.63) is 87.9 Å². The molecule has 1 heterocycles. The first-order valence-electron chi connectivity index (χ1n) is 10.7. The average Bonchev–Trinajstić information content (AvgIpc) is 3.16. The number of halogens is 2. The lowest BCUT2D eigenvalue weighted by Crippen LogP contribution is -2.28. The molecule has 8 nitrogen and oxygen atoms in total. The summed E-state index contributed by atoms with van der Waals surface area (Å²) in [7, 11) is 0. The first-order valence-corrected chi connectivity index (χ1v) is 12.6. The van der Waals surface area contributed by atoms with Gasteiger partial charge in [0.1, 0.15) is 5.75 Å². The fraction of sp³-hybridized carbons (Fsp3) is 0.0769. The van der Waals surface area contributed by atoms with Crippen LogP contribution in [-0.4, -0.2) is 33.5 Å². The van der Waals surface area contributed by atoms with Crippen LogP contribution in [0.3, 0.4) is 0 Å². The number of hydrogen-bond donors (Lipinski definition) is 3. The molecule has 182 valence electrons. The van der Waals surface area contributed by atoms with Crippen LogP contribution >= 0.6 is 34.2 Å².